The molecule has 1 unspecified atom stereocenters. The fourth-order valence-electron chi connectivity index (χ4n) is 2.15. The predicted molar refractivity (Wildman–Crippen MR) is 52.9 cm³/mol. The molecule has 0 fully saturated rings. The maximum Gasteiger partial charge on any atom is 0.129 e. The van der Waals surface area contributed by atoms with E-state index in [0.717, 1.165) is 42.0 Å². The van der Waals surface area contributed by atoms with Gasteiger partial charge in [0, 0.05) is 11.3 Å². The number of aryl methyl sites for hydroxylation is 3. The molecule has 1 atom stereocenters. The molecule has 0 aliphatic heterocycles. The van der Waals surface area contributed by atoms with Crippen molar-refractivity contribution in [3.63, 3.8) is 0 Å². The minimum Gasteiger partial charge on any atom is -0.242 e. The summed E-state index contributed by atoms with van der Waals surface area (Å²) in [7, 11) is 0. The molecule has 2 rings (SSSR count). The molecule has 14 heavy (non-hydrogen) atoms. The maximum absolute atomic E-state index is 13.7. The Morgan fingerprint density at radius 2 is 2.00 bits per heavy atom. The van der Waals surface area contributed by atoms with E-state index in [4.69, 9.17) is 0 Å². The summed E-state index contributed by atoms with van der Waals surface area (Å²) in [6.45, 7) is 3.75. The van der Waals surface area contributed by atoms with Crippen molar-refractivity contribution in [3.8, 4) is 0 Å². The van der Waals surface area contributed by atoms with Gasteiger partial charge in [0.05, 0.1) is 5.69 Å². The van der Waals surface area contributed by atoms with Gasteiger partial charge in [-0.1, -0.05) is 0 Å². The van der Waals surface area contributed by atoms with Crippen LogP contribution < -0.4 is 0 Å². The Bertz CT molecular complexity index is 349. The van der Waals surface area contributed by atoms with Crippen molar-refractivity contribution in [1.29, 1.82) is 0 Å². The predicted octanol–water partition coefficient (Wildman–Crippen LogP) is 2.83. The zero-order valence-corrected chi connectivity index (χ0v) is 8.68. The number of fused-ring (bicyclic) bond motifs is 1. The second kappa shape index (κ2) is 3.64. The average Bonchev–Trinajstić information content (AvgIpc) is 2.27. The van der Waals surface area contributed by atoms with Crippen LogP contribution in [0.2, 0.25) is 0 Å². The fourth-order valence-corrected chi connectivity index (χ4v) is 2.15. The third kappa shape index (κ3) is 1.63. The summed E-state index contributed by atoms with van der Waals surface area (Å²) in [6.07, 6.45) is 2.67. The Hall–Kier alpha value is -0.990. The minimum absolute atomic E-state index is 0.625. The number of alkyl halides is 1. The van der Waals surface area contributed by atoms with Gasteiger partial charge in [0.25, 0.3) is 0 Å². The Kier molecular flexibility index (Phi) is 2.48. The smallest absolute Gasteiger partial charge is 0.129 e. The molecule has 1 aromatic heterocycles. The topological polar surface area (TPSA) is 25.8 Å². The second-order valence-electron chi connectivity index (χ2n) is 3.93. The monoisotopic (exact) mass is 194 g/mol. The first kappa shape index (κ1) is 9.56. The van der Waals surface area contributed by atoms with Gasteiger partial charge >= 0.3 is 0 Å². The van der Waals surface area contributed by atoms with E-state index >= 15 is 0 Å². The molecule has 1 aromatic rings. The van der Waals surface area contributed by atoms with Crippen molar-refractivity contribution in [2.24, 2.45) is 0 Å². The summed E-state index contributed by atoms with van der Waals surface area (Å²) in [5, 5.41) is 0. The number of rotatable bonds is 0. The third-order valence-corrected chi connectivity index (χ3v) is 2.76. The first-order valence-electron chi connectivity index (χ1n) is 5.16. The van der Waals surface area contributed by atoms with E-state index in [-0.39, 0.29) is 0 Å². The zero-order valence-electron chi connectivity index (χ0n) is 8.68. The van der Waals surface area contributed by atoms with Crippen LogP contribution in [0.5, 0.6) is 0 Å². The lowest BCUT2D eigenvalue weighted by atomic mass is 10.1. The number of halogens is 1. The van der Waals surface area contributed by atoms with Crippen molar-refractivity contribution < 1.29 is 4.39 Å². The molecule has 0 N–H and O–H groups in total. The van der Waals surface area contributed by atoms with Crippen molar-refractivity contribution >= 4 is 0 Å². The third-order valence-electron chi connectivity index (χ3n) is 2.76. The molecule has 0 radical (unpaired) electrons. The van der Waals surface area contributed by atoms with Gasteiger partial charge in [0.15, 0.2) is 0 Å². The van der Waals surface area contributed by atoms with Crippen LogP contribution in [0.25, 0.3) is 0 Å². The summed E-state index contributed by atoms with van der Waals surface area (Å²) in [5.74, 6) is 0.760. The van der Waals surface area contributed by atoms with E-state index in [1.807, 2.05) is 13.8 Å². The zero-order chi connectivity index (χ0) is 10.1. The van der Waals surface area contributed by atoms with E-state index in [9.17, 15) is 4.39 Å². The molecule has 2 nitrogen and oxygen atoms in total. The van der Waals surface area contributed by atoms with Gasteiger partial charge < -0.3 is 0 Å². The van der Waals surface area contributed by atoms with Crippen LogP contribution in [0.3, 0.4) is 0 Å². The molecule has 1 aliphatic rings. The Labute approximate surface area is 83.6 Å². The summed E-state index contributed by atoms with van der Waals surface area (Å²) < 4.78 is 13.7. The standard InChI is InChI=1S/C11H15FN2/c1-7-11-9(12)5-3-4-6-10(11)14-8(2)13-7/h9H,3-6H2,1-2H3. The molecular formula is C11H15FN2. The Morgan fingerprint density at radius 1 is 1.21 bits per heavy atom. The summed E-state index contributed by atoms with van der Waals surface area (Å²) in [4.78, 5) is 8.56. The van der Waals surface area contributed by atoms with Gasteiger partial charge in [0.1, 0.15) is 12.0 Å². The number of hydrogen-bond acceptors (Lipinski definition) is 2. The average molecular weight is 194 g/mol. The van der Waals surface area contributed by atoms with Crippen LogP contribution in [-0.2, 0) is 6.42 Å². The van der Waals surface area contributed by atoms with E-state index in [1.165, 1.54) is 0 Å². The quantitative estimate of drug-likeness (QED) is 0.593. The minimum atomic E-state index is -0.854. The molecule has 3 heteroatoms. The number of hydrogen-bond donors (Lipinski definition) is 0. The largest absolute Gasteiger partial charge is 0.242 e. The fraction of sp³-hybridized carbons (Fsp3) is 0.636. The highest BCUT2D eigenvalue weighted by Crippen LogP contribution is 2.31. The molecule has 1 aliphatic carbocycles. The van der Waals surface area contributed by atoms with Crippen LogP contribution >= 0.6 is 0 Å². The van der Waals surface area contributed by atoms with Gasteiger partial charge in [-0.05, 0) is 39.5 Å². The van der Waals surface area contributed by atoms with Crippen LogP contribution in [0.15, 0.2) is 0 Å². The SMILES string of the molecule is Cc1nc(C)c2c(n1)CCCCC2F. The van der Waals surface area contributed by atoms with E-state index in [0.29, 0.717) is 6.42 Å². The molecule has 0 saturated carbocycles. The van der Waals surface area contributed by atoms with Gasteiger partial charge in [-0.25, -0.2) is 14.4 Å². The van der Waals surface area contributed by atoms with Gasteiger partial charge in [-0.3, -0.25) is 0 Å². The van der Waals surface area contributed by atoms with Crippen LogP contribution in [0.1, 0.15) is 48.2 Å². The molecule has 0 amide bonds. The first-order valence-corrected chi connectivity index (χ1v) is 5.16. The molecule has 0 bridgehead atoms. The highest BCUT2D eigenvalue weighted by molar-refractivity contribution is 5.28. The number of nitrogens with zero attached hydrogens (tertiary/aromatic N) is 2. The van der Waals surface area contributed by atoms with Gasteiger partial charge in [0.2, 0.25) is 0 Å². The van der Waals surface area contributed by atoms with Crippen LogP contribution in [0.4, 0.5) is 4.39 Å². The second-order valence-corrected chi connectivity index (χ2v) is 3.93. The van der Waals surface area contributed by atoms with Crippen LogP contribution in [0, 0.1) is 13.8 Å². The van der Waals surface area contributed by atoms with Gasteiger partial charge in [-0.15, -0.1) is 0 Å². The molecular weight excluding hydrogens is 179 g/mol. The van der Waals surface area contributed by atoms with E-state index in [2.05, 4.69) is 9.97 Å². The molecule has 0 aromatic carbocycles. The van der Waals surface area contributed by atoms with E-state index < -0.39 is 6.17 Å². The van der Waals surface area contributed by atoms with Crippen molar-refractivity contribution in [3.05, 3.63) is 22.8 Å². The van der Waals surface area contributed by atoms with Crippen LogP contribution in [-0.4, -0.2) is 9.97 Å². The van der Waals surface area contributed by atoms with Crippen molar-refractivity contribution in [2.45, 2.75) is 45.7 Å². The summed E-state index contributed by atoms with van der Waals surface area (Å²) >= 11 is 0. The molecule has 0 saturated heterocycles. The number of aromatic nitrogens is 2. The first-order chi connectivity index (χ1) is 6.68. The summed E-state index contributed by atoms with van der Waals surface area (Å²) in [6, 6.07) is 0. The highest BCUT2D eigenvalue weighted by Gasteiger charge is 2.21. The maximum atomic E-state index is 13.7. The Morgan fingerprint density at radius 3 is 2.79 bits per heavy atom. The van der Waals surface area contributed by atoms with Crippen molar-refractivity contribution in [2.75, 3.05) is 0 Å². The lowest BCUT2D eigenvalue weighted by Gasteiger charge is -2.11. The van der Waals surface area contributed by atoms with Gasteiger partial charge in [-0.2, -0.15) is 0 Å². The lowest BCUT2D eigenvalue weighted by molar-refractivity contribution is 0.318. The van der Waals surface area contributed by atoms with E-state index in [1.54, 1.807) is 0 Å². The molecule has 0 spiro atoms. The molecule has 1 heterocycles. The van der Waals surface area contributed by atoms with Crippen molar-refractivity contribution in [1.82, 2.24) is 9.97 Å². The summed E-state index contributed by atoms with van der Waals surface area (Å²) in [5.41, 5.74) is 2.51. The Balaban J connectivity index is 2.53. The molecule has 76 valence electrons. The highest BCUT2D eigenvalue weighted by atomic mass is 19.1. The lowest BCUT2D eigenvalue weighted by Crippen LogP contribution is -2.05. The normalized spacial score (nSPS) is 21.5.